The van der Waals surface area contributed by atoms with Crippen LogP contribution in [0.15, 0.2) is 117 Å². The van der Waals surface area contributed by atoms with E-state index in [1.165, 1.54) is 0 Å². The molecule has 0 aliphatic heterocycles. The minimum Gasteiger partial charge on any atom is -0.183 e. The molecule has 0 saturated carbocycles. The molecule has 122 valence electrons. The minimum atomic E-state index is -0.870. The molecule has 0 fully saturated rings. The normalized spacial score (nSPS) is 11.8. The predicted octanol–water partition coefficient (Wildman–Crippen LogP) is 5.74. The van der Waals surface area contributed by atoms with Crippen LogP contribution in [-0.4, -0.2) is 0 Å². The van der Waals surface area contributed by atoms with Gasteiger partial charge in [0.15, 0.2) is 5.54 Å². The van der Waals surface area contributed by atoms with E-state index in [0.29, 0.717) is 0 Å². The standard InChI is InChI=1S/C19H16N6/c20-22-24-25-23-21-19(16-10-4-1-5-11-16,17-12-6-2-7-13-17)18-14-8-3-9-15-18/h1-15,20H. The molecule has 0 amide bonds. The zero-order valence-electron chi connectivity index (χ0n) is 13.4. The zero-order chi connectivity index (χ0) is 17.4. The van der Waals surface area contributed by atoms with Crippen molar-refractivity contribution in [3.05, 3.63) is 108 Å². The molecule has 1 N–H and O–H groups in total. The Morgan fingerprint density at radius 1 is 0.520 bits per heavy atom. The van der Waals surface area contributed by atoms with Crippen LogP contribution in [0, 0.1) is 5.53 Å². The third-order valence-electron chi connectivity index (χ3n) is 3.89. The van der Waals surface area contributed by atoms with Crippen molar-refractivity contribution in [3.63, 3.8) is 0 Å². The molecule has 6 heteroatoms. The topological polar surface area (TPSA) is 85.6 Å². The van der Waals surface area contributed by atoms with Gasteiger partial charge in [-0.3, -0.25) is 0 Å². The molecule has 3 rings (SSSR count). The Kier molecular flexibility index (Phi) is 5.11. The highest BCUT2D eigenvalue weighted by Crippen LogP contribution is 2.40. The van der Waals surface area contributed by atoms with Crippen molar-refractivity contribution < 1.29 is 0 Å². The first-order valence-corrected chi connectivity index (χ1v) is 7.73. The molecule has 3 aromatic rings. The van der Waals surface area contributed by atoms with Crippen molar-refractivity contribution in [2.75, 3.05) is 0 Å². The predicted molar refractivity (Wildman–Crippen MR) is 94.1 cm³/mol. The van der Waals surface area contributed by atoms with Gasteiger partial charge in [0.2, 0.25) is 0 Å². The Bertz CT molecular complexity index is 764. The van der Waals surface area contributed by atoms with E-state index in [1.807, 2.05) is 91.0 Å². The highest BCUT2D eigenvalue weighted by molar-refractivity contribution is 5.49. The average Bonchev–Trinajstić information content (AvgIpc) is 2.70. The maximum atomic E-state index is 6.69. The van der Waals surface area contributed by atoms with Crippen molar-refractivity contribution in [3.8, 4) is 0 Å². The molecule has 0 aliphatic carbocycles. The van der Waals surface area contributed by atoms with Crippen LogP contribution >= 0.6 is 0 Å². The summed E-state index contributed by atoms with van der Waals surface area (Å²) in [5.74, 6) is 0. The second-order valence-electron chi connectivity index (χ2n) is 5.28. The first kappa shape index (κ1) is 16.3. The fraction of sp³-hybridized carbons (Fsp3) is 0.0526. The van der Waals surface area contributed by atoms with Crippen LogP contribution in [0.4, 0.5) is 0 Å². The second kappa shape index (κ2) is 7.83. The highest BCUT2D eigenvalue weighted by atomic mass is 15.6. The van der Waals surface area contributed by atoms with Crippen LogP contribution in [0.5, 0.6) is 0 Å². The first-order chi connectivity index (χ1) is 12.4. The fourth-order valence-corrected chi connectivity index (χ4v) is 2.84. The summed E-state index contributed by atoms with van der Waals surface area (Å²) in [4.78, 5) is 0. The van der Waals surface area contributed by atoms with Gasteiger partial charge < -0.3 is 0 Å². The Morgan fingerprint density at radius 3 is 1.28 bits per heavy atom. The van der Waals surface area contributed by atoms with Gasteiger partial charge in [-0.15, -0.1) is 5.11 Å². The van der Waals surface area contributed by atoms with E-state index in [1.54, 1.807) is 0 Å². The molecule has 25 heavy (non-hydrogen) atoms. The fourth-order valence-electron chi connectivity index (χ4n) is 2.84. The lowest BCUT2D eigenvalue weighted by molar-refractivity contribution is 0.594. The molecule has 0 bridgehead atoms. The quantitative estimate of drug-likeness (QED) is 0.340. The van der Waals surface area contributed by atoms with E-state index in [4.69, 9.17) is 5.53 Å². The van der Waals surface area contributed by atoms with Gasteiger partial charge in [-0.1, -0.05) is 91.0 Å². The summed E-state index contributed by atoms with van der Waals surface area (Å²) in [7, 11) is 0. The van der Waals surface area contributed by atoms with Crippen molar-refractivity contribution in [1.82, 2.24) is 0 Å². The molecule has 0 unspecified atom stereocenters. The summed E-state index contributed by atoms with van der Waals surface area (Å²) in [6.45, 7) is 0. The average molecular weight is 328 g/mol. The van der Waals surface area contributed by atoms with Gasteiger partial charge in [-0.2, -0.15) is 5.53 Å². The third kappa shape index (κ3) is 3.37. The molecule has 0 saturated heterocycles. The summed E-state index contributed by atoms with van der Waals surface area (Å²) in [6.07, 6.45) is 0. The van der Waals surface area contributed by atoms with Gasteiger partial charge >= 0.3 is 0 Å². The van der Waals surface area contributed by atoms with E-state index in [0.717, 1.165) is 16.7 Å². The molecule has 0 heterocycles. The van der Waals surface area contributed by atoms with Crippen molar-refractivity contribution in [1.29, 1.82) is 5.53 Å². The number of hydrogen-bond donors (Lipinski definition) is 1. The SMILES string of the molecule is N=NN=NN=NC(c1ccccc1)(c1ccccc1)c1ccccc1. The van der Waals surface area contributed by atoms with Crippen molar-refractivity contribution in [2.45, 2.75) is 5.54 Å². The van der Waals surface area contributed by atoms with Gasteiger partial charge in [0.25, 0.3) is 0 Å². The third-order valence-corrected chi connectivity index (χ3v) is 3.89. The Balaban J connectivity index is 2.29. The van der Waals surface area contributed by atoms with Crippen LogP contribution in [0.1, 0.15) is 16.7 Å². The molecule has 0 spiro atoms. The van der Waals surface area contributed by atoms with E-state index < -0.39 is 5.54 Å². The van der Waals surface area contributed by atoms with Crippen molar-refractivity contribution >= 4 is 0 Å². The lowest BCUT2D eigenvalue weighted by atomic mass is 9.78. The lowest BCUT2D eigenvalue weighted by Gasteiger charge is -2.30. The number of nitrogens with one attached hydrogen (secondary N) is 1. The minimum absolute atomic E-state index is 0.870. The van der Waals surface area contributed by atoms with Gasteiger partial charge in [0.05, 0.1) is 0 Å². The number of nitrogens with zero attached hydrogens (tertiary/aromatic N) is 5. The van der Waals surface area contributed by atoms with E-state index in [2.05, 4.69) is 26.0 Å². The zero-order valence-corrected chi connectivity index (χ0v) is 13.4. The van der Waals surface area contributed by atoms with Crippen LogP contribution < -0.4 is 0 Å². The monoisotopic (exact) mass is 328 g/mol. The van der Waals surface area contributed by atoms with Crippen LogP contribution in [0.2, 0.25) is 0 Å². The van der Waals surface area contributed by atoms with Crippen LogP contribution in [0.3, 0.4) is 0 Å². The summed E-state index contributed by atoms with van der Waals surface area (Å²) >= 11 is 0. The number of hydrogen-bond acceptors (Lipinski definition) is 2. The largest absolute Gasteiger partial charge is 0.183 e. The first-order valence-electron chi connectivity index (χ1n) is 7.73. The molecule has 0 radical (unpaired) electrons. The van der Waals surface area contributed by atoms with Crippen LogP contribution in [-0.2, 0) is 5.54 Å². The number of benzene rings is 3. The molecule has 0 aliphatic rings. The molecular weight excluding hydrogens is 312 g/mol. The molecule has 3 aromatic carbocycles. The van der Waals surface area contributed by atoms with E-state index >= 15 is 0 Å². The Labute approximate surface area is 145 Å². The lowest BCUT2D eigenvalue weighted by Crippen LogP contribution is -2.26. The van der Waals surface area contributed by atoms with Crippen molar-refractivity contribution in [2.24, 2.45) is 26.0 Å². The smallest absolute Gasteiger partial charge is 0.159 e. The summed E-state index contributed by atoms with van der Waals surface area (Å²) in [5.41, 5.74) is 8.68. The van der Waals surface area contributed by atoms with Gasteiger partial charge in [0, 0.05) is 0 Å². The highest BCUT2D eigenvalue weighted by Gasteiger charge is 2.36. The molecule has 0 aromatic heterocycles. The number of rotatable bonds is 6. The van der Waals surface area contributed by atoms with Gasteiger partial charge in [0.1, 0.15) is 0 Å². The molecule has 0 atom stereocenters. The Morgan fingerprint density at radius 2 is 0.920 bits per heavy atom. The molecular formula is C19H16N6. The Hall–Kier alpha value is -3.54. The van der Waals surface area contributed by atoms with Gasteiger partial charge in [-0.25, -0.2) is 0 Å². The van der Waals surface area contributed by atoms with Gasteiger partial charge in [-0.05, 0) is 37.6 Å². The second-order valence-corrected chi connectivity index (χ2v) is 5.28. The maximum absolute atomic E-state index is 6.69. The maximum Gasteiger partial charge on any atom is 0.159 e. The summed E-state index contributed by atoms with van der Waals surface area (Å²) in [5, 5.41) is 17.9. The molecule has 6 nitrogen and oxygen atoms in total. The summed E-state index contributed by atoms with van der Waals surface area (Å²) in [6, 6.07) is 29.7. The van der Waals surface area contributed by atoms with Crippen LogP contribution in [0.25, 0.3) is 0 Å². The van der Waals surface area contributed by atoms with E-state index in [-0.39, 0.29) is 0 Å². The summed E-state index contributed by atoms with van der Waals surface area (Å²) < 4.78 is 0. The van der Waals surface area contributed by atoms with E-state index in [9.17, 15) is 0 Å².